The molecule has 6 nitrogen and oxygen atoms in total. The minimum atomic E-state index is -0.798. The van der Waals surface area contributed by atoms with Crippen LogP contribution in [0.2, 0.25) is 0 Å². The number of hydrogen-bond acceptors (Lipinski definition) is 6. The van der Waals surface area contributed by atoms with E-state index in [4.69, 9.17) is 14.7 Å². The molecule has 0 amide bonds. The van der Waals surface area contributed by atoms with Gasteiger partial charge in [0, 0.05) is 37.1 Å². The average molecular weight is 511 g/mol. The van der Waals surface area contributed by atoms with Crippen molar-refractivity contribution in [3.63, 3.8) is 0 Å². The Morgan fingerprint density at radius 3 is 2.55 bits per heavy atom. The third-order valence-corrected chi connectivity index (χ3v) is 7.15. The van der Waals surface area contributed by atoms with Crippen molar-refractivity contribution < 1.29 is 9.13 Å². The average Bonchev–Trinajstić information content (AvgIpc) is 3.48. The van der Waals surface area contributed by atoms with Crippen molar-refractivity contribution in [1.82, 2.24) is 14.9 Å². The van der Waals surface area contributed by atoms with Crippen LogP contribution in [0.4, 0.5) is 16.2 Å². The Morgan fingerprint density at radius 1 is 1.10 bits per heavy atom. The van der Waals surface area contributed by atoms with Crippen molar-refractivity contribution in [3.8, 4) is 5.75 Å². The number of fused-ring (bicyclic) bond motifs is 1. The number of likely N-dealkylation sites (tertiary alicyclic amines) is 1. The lowest BCUT2D eigenvalue weighted by atomic mass is 10.0. The summed E-state index contributed by atoms with van der Waals surface area (Å²) in [6.45, 7) is 3.33. The van der Waals surface area contributed by atoms with Gasteiger partial charge in [0.25, 0.3) is 0 Å². The van der Waals surface area contributed by atoms with Crippen molar-refractivity contribution in [1.29, 1.82) is 0 Å². The molecule has 0 spiro atoms. The number of hydrogen-bond donors (Lipinski definition) is 1. The van der Waals surface area contributed by atoms with Gasteiger partial charge in [0.1, 0.15) is 17.7 Å². The molecular formula is C21H27FIN5O. The van der Waals surface area contributed by atoms with E-state index in [0.29, 0.717) is 31.5 Å². The summed E-state index contributed by atoms with van der Waals surface area (Å²) in [4.78, 5) is 14.2. The second kappa shape index (κ2) is 8.02. The molecule has 3 aliphatic rings. The smallest absolute Gasteiger partial charge is 0.227 e. The van der Waals surface area contributed by atoms with Gasteiger partial charge in [-0.3, -0.25) is 0 Å². The second-order valence-corrected chi connectivity index (χ2v) is 9.56. The summed E-state index contributed by atoms with van der Waals surface area (Å²) in [5.41, 5.74) is 0.875. The Kier molecular flexibility index (Phi) is 5.40. The topological polar surface area (TPSA) is 53.5 Å². The number of rotatable bonds is 5. The minimum absolute atomic E-state index is 0.373. The molecule has 29 heavy (non-hydrogen) atoms. The van der Waals surface area contributed by atoms with Crippen molar-refractivity contribution in [2.75, 3.05) is 43.5 Å². The molecule has 1 aromatic carbocycles. The number of anilines is 2. The molecule has 2 saturated heterocycles. The molecule has 2 aromatic rings. The molecule has 156 valence electrons. The Hall–Kier alpha value is -1.42. The summed E-state index contributed by atoms with van der Waals surface area (Å²) in [6.07, 6.45) is 4.71. The molecule has 0 unspecified atom stereocenters. The van der Waals surface area contributed by atoms with E-state index in [1.807, 2.05) is 17.0 Å². The molecule has 3 fully saturated rings. The van der Waals surface area contributed by atoms with E-state index in [2.05, 4.69) is 32.8 Å². The highest BCUT2D eigenvalue weighted by Crippen LogP contribution is 2.34. The maximum atomic E-state index is 13.8. The molecule has 1 aliphatic carbocycles. The van der Waals surface area contributed by atoms with E-state index in [0.717, 1.165) is 58.0 Å². The number of aromatic nitrogens is 2. The zero-order valence-electron chi connectivity index (χ0n) is 16.7. The monoisotopic (exact) mass is 511 g/mol. The van der Waals surface area contributed by atoms with Crippen LogP contribution in [0, 0.1) is 3.57 Å². The van der Waals surface area contributed by atoms with E-state index in [1.54, 1.807) is 7.11 Å². The Bertz CT molecular complexity index is 900. The molecule has 3 heterocycles. The van der Waals surface area contributed by atoms with Crippen molar-refractivity contribution in [2.45, 2.75) is 50.4 Å². The van der Waals surface area contributed by atoms with Gasteiger partial charge >= 0.3 is 0 Å². The summed E-state index contributed by atoms with van der Waals surface area (Å²) < 4.78 is 20.3. The van der Waals surface area contributed by atoms with Gasteiger partial charge in [-0.2, -0.15) is 4.98 Å². The number of nitrogens with zero attached hydrogens (tertiary/aromatic N) is 4. The van der Waals surface area contributed by atoms with Crippen molar-refractivity contribution in [2.24, 2.45) is 0 Å². The molecular weight excluding hydrogens is 484 g/mol. The SMILES string of the molecule is COc1cc2c(NC3CCN(C4CC4)CC3)nc(N3CC[C@H](F)C3)nc2cc1I. The summed E-state index contributed by atoms with van der Waals surface area (Å²) in [5.74, 6) is 2.29. The van der Waals surface area contributed by atoms with Crippen LogP contribution in [-0.4, -0.2) is 66.4 Å². The highest BCUT2D eigenvalue weighted by Gasteiger charge is 2.32. The largest absolute Gasteiger partial charge is 0.496 e. The van der Waals surface area contributed by atoms with E-state index in [9.17, 15) is 4.39 Å². The highest BCUT2D eigenvalue weighted by atomic mass is 127. The van der Waals surface area contributed by atoms with Gasteiger partial charge in [-0.15, -0.1) is 0 Å². The van der Waals surface area contributed by atoms with E-state index in [1.165, 1.54) is 12.8 Å². The molecule has 5 rings (SSSR count). The summed E-state index contributed by atoms with van der Waals surface area (Å²) in [5, 5.41) is 4.66. The van der Waals surface area contributed by atoms with Gasteiger partial charge < -0.3 is 19.9 Å². The quantitative estimate of drug-likeness (QED) is 0.617. The third-order valence-electron chi connectivity index (χ3n) is 6.30. The number of ether oxygens (including phenoxy) is 1. The summed E-state index contributed by atoms with van der Waals surface area (Å²) in [7, 11) is 1.69. The van der Waals surface area contributed by atoms with Crippen LogP contribution in [0.3, 0.4) is 0 Å². The Labute approximate surface area is 184 Å². The predicted molar refractivity (Wildman–Crippen MR) is 122 cm³/mol. The number of halogens is 2. The maximum Gasteiger partial charge on any atom is 0.227 e. The third kappa shape index (κ3) is 4.10. The van der Waals surface area contributed by atoms with Crippen LogP contribution in [0.5, 0.6) is 5.75 Å². The lowest BCUT2D eigenvalue weighted by Gasteiger charge is -2.33. The number of methoxy groups -OCH3 is 1. The van der Waals surface area contributed by atoms with Crippen LogP contribution in [0.25, 0.3) is 10.9 Å². The van der Waals surface area contributed by atoms with Gasteiger partial charge in [0.2, 0.25) is 5.95 Å². The molecule has 2 aliphatic heterocycles. The normalized spacial score (nSPS) is 23.7. The first-order valence-corrected chi connectivity index (χ1v) is 11.6. The van der Waals surface area contributed by atoms with Gasteiger partial charge in [-0.05, 0) is 66.8 Å². The van der Waals surface area contributed by atoms with E-state index < -0.39 is 6.17 Å². The summed E-state index contributed by atoms with van der Waals surface area (Å²) in [6, 6.07) is 5.28. The number of alkyl halides is 1. The van der Waals surface area contributed by atoms with E-state index >= 15 is 0 Å². The molecule has 0 radical (unpaired) electrons. The zero-order valence-corrected chi connectivity index (χ0v) is 18.9. The minimum Gasteiger partial charge on any atom is -0.496 e. The maximum absolute atomic E-state index is 13.8. The van der Waals surface area contributed by atoms with Gasteiger partial charge in [-0.25, -0.2) is 9.37 Å². The van der Waals surface area contributed by atoms with E-state index in [-0.39, 0.29) is 0 Å². The van der Waals surface area contributed by atoms with Gasteiger partial charge in [0.05, 0.1) is 22.7 Å². The molecule has 1 aromatic heterocycles. The Morgan fingerprint density at radius 2 is 1.90 bits per heavy atom. The van der Waals surface area contributed by atoms with Gasteiger partial charge in [0.15, 0.2) is 0 Å². The number of benzene rings is 1. The first-order chi connectivity index (χ1) is 14.1. The van der Waals surface area contributed by atoms with Crippen LogP contribution < -0.4 is 15.0 Å². The van der Waals surface area contributed by atoms with Crippen LogP contribution in [-0.2, 0) is 0 Å². The van der Waals surface area contributed by atoms with Crippen LogP contribution in [0.15, 0.2) is 12.1 Å². The molecule has 1 N–H and O–H groups in total. The zero-order chi connectivity index (χ0) is 20.0. The number of nitrogens with one attached hydrogen (secondary N) is 1. The fourth-order valence-electron chi connectivity index (χ4n) is 4.47. The fourth-order valence-corrected chi connectivity index (χ4v) is 5.14. The second-order valence-electron chi connectivity index (χ2n) is 8.39. The summed E-state index contributed by atoms with van der Waals surface area (Å²) >= 11 is 2.27. The predicted octanol–water partition coefficient (Wildman–Crippen LogP) is 3.83. The first kappa shape index (κ1) is 19.5. The molecule has 1 saturated carbocycles. The molecule has 8 heteroatoms. The molecule has 0 bridgehead atoms. The Balaban J connectivity index is 1.45. The highest BCUT2D eigenvalue weighted by molar-refractivity contribution is 14.1. The van der Waals surface area contributed by atoms with Crippen molar-refractivity contribution >= 4 is 45.3 Å². The van der Waals surface area contributed by atoms with Crippen LogP contribution in [0.1, 0.15) is 32.1 Å². The molecule has 1 atom stereocenters. The lowest BCUT2D eigenvalue weighted by Crippen LogP contribution is -2.40. The first-order valence-electron chi connectivity index (χ1n) is 10.6. The van der Waals surface area contributed by atoms with Crippen molar-refractivity contribution in [3.05, 3.63) is 15.7 Å². The lowest BCUT2D eigenvalue weighted by molar-refractivity contribution is 0.210. The van der Waals surface area contributed by atoms with Gasteiger partial charge in [-0.1, -0.05) is 0 Å². The standard InChI is InChI=1S/C21H27FIN5O/c1-29-19-10-16-18(11-17(19)23)25-21(28-7-4-13(22)12-28)26-20(16)24-14-5-8-27(9-6-14)15-2-3-15/h10-11,13-15H,2-9,12H2,1H3,(H,24,25,26)/t13-/m0/s1. The number of piperidine rings is 1. The fraction of sp³-hybridized carbons (Fsp3) is 0.619. The van der Waals surface area contributed by atoms with Crippen LogP contribution >= 0.6 is 22.6 Å².